The second kappa shape index (κ2) is 3.45. The number of aryl methyl sites for hydroxylation is 1. The van der Waals surface area contributed by atoms with Gasteiger partial charge in [-0.1, -0.05) is 12.1 Å². The monoisotopic (exact) mass is 167 g/mol. The van der Waals surface area contributed by atoms with Crippen molar-refractivity contribution >= 4 is 5.78 Å². The molecule has 0 fully saturated rings. The molecular weight excluding hydrogens is 157 g/mol. The van der Waals surface area contributed by atoms with Crippen LogP contribution in [0.4, 0.5) is 4.39 Å². The average molecular weight is 167 g/mol. The Kier molecular flexibility index (Phi) is 2.55. The molecule has 2 N–H and O–H groups in total. The molecule has 0 heterocycles. The van der Waals surface area contributed by atoms with Crippen molar-refractivity contribution in [2.45, 2.75) is 6.92 Å². The van der Waals surface area contributed by atoms with Gasteiger partial charge in [0.25, 0.3) is 0 Å². The minimum atomic E-state index is -0.366. The molecule has 0 aliphatic heterocycles. The molecule has 0 aromatic heterocycles. The van der Waals surface area contributed by atoms with Gasteiger partial charge in [0.15, 0.2) is 5.78 Å². The Bertz CT molecular complexity index is 309. The van der Waals surface area contributed by atoms with Crippen molar-refractivity contribution in [2.75, 3.05) is 6.54 Å². The lowest BCUT2D eigenvalue weighted by Crippen LogP contribution is -2.13. The first-order chi connectivity index (χ1) is 5.65. The van der Waals surface area contributed by atoms with E-state index in [1.807, 2.05) is 0 Å². The van der Waals surface area contributed by atoms with Crippen LogP contribution in [0.2, 0.25) is 0 Å². The fourth-order valence-electron chi connectivity index (χ4n) is 0.884. The van der Waals surface area contributed by atoms with E-state index in [0.29, 0.717) is 11.1 Å². The summed E-state index contributed by atoms with van der Waals surface area (Å²) >= 11 is 0. The van der Waals surface area contributed by atoms with Gasteiger partial charge in [0.05, 0.1) is 6.54 Å². The van der Waals surface area contributed by atoms with Crippen LogP contribution in [0.3, 0.4) is 0 Å². The second-order valence-corrected chi connectivity index (χ2v) is 2.59. The summed E-state index contributed by atoms with van der Waals surface area (Å²) in [6.07, 6.45) is 0. The predicted molar refractivity (Wildman–Crippen MR) is 44.5 cm³/mol. The van der Waals surface area contributed by atoms with Crippen LogP contribution < -0.4 is 5.73 Å². The topological polar surface area (TPSA) is 43.1 Å². The first-order valence-electron chi connectivity index (χ1n) is 3.64. The molecule has 0 aliphatic rings. The zero-order chi connectivity index (χ0) is 9.14. The standard InChI is InChI=1S/C9H10FNO/c1-6-2-3-7(4-8(6)10)9(12)5-11/h2-4H,5,11H2,1H3. The van der Waals surface area contributed by atoms with E-state index < -0.39 is 0 Å². The van der Waals surface area contributed by atoms with E-state index >= 15 is 0 Å². The normalized spacial score (nSPS) is 9.92. The molecule has 0 radical (unpaired) electrons. The van der Waals surface area contributed by atoms with E-state index in [9.17, 15) is 9.18 Å². The van der Waals surface area contributed by atoms with E-state index in [4.69, 9.17) is 5.73 Å². The Morgan fingerprint density at radius 3 is 2.75 bits per heavy atom. The summed E-state index contributed by atoms with van der Waals surface area (Å²) < 4.78 is 12.9. The Hall–Kier alpha value is -1.22. The lowest BCUT2D eigenvalue weighted by Gasteiger charge is -1.99. The summed E-state index contributed by atoms with van der Waals surface area (Å²) in [5, 5.41) is 0. The van der Waals surface area contributed by atoms with Gasteiger partial charge < -0.3 is 5.73 Å². The number of carbonyl (C=O) groups is 1. The molecule has 0 saturated carbocycles. The number of Topliss-reactive ketones (excluding diaryl/α,β-unsaturated/α-hetero) is 1. The largest absolute Gasteiger partial charge is 0.324 e. The number of carbonyl (C=O) groups excluding carboxylic acids is 1. The second-order valence-electron chi connectivity index (χ2n) is 2.59. The van der Waals surface area contributed by atoms with Crippen LogP contribution in [0.15, 0.2) is 18.2 Å². The van der Waals surface area contributed by atoms with Crippen LogP contribution in [-0.2, 0) is 0 Å². The quantitative estimate of drug-likeness (QED) is 0.674. The lowest BCUT2D eigenvalue weighted by molar-refractivity contribution is 0.100. The lowest BCUT2D eigenvalue weighted by atomic mass is 10.1. The van der Waals surface area contributed by atoms with E-state index in [2.05, 4.69) is 0 Å². The highest BCUT2D eigenvalue weighted by atomic mass is 19.1. The minimum Gasteiger partial charge on any atom is -0.324 e. The zero-order valence-corrected chi connectivity index (χ0v) is 6.80. The third-order valence-electron chi connectivity index (χ3n) is 1.68. The van der Waals surface area contributed by atoms with Crippen LogP contribution in [0.5, 0.6) is 0 Å². The van der Waals surface area contributed by atoms with Crippen LogP contribution in [0, 0.1) is 12.7 Å². The molecule has 1 rings (SSSR count). The third-order valence-corrected chi connectivity index (χ3v) is 1.68. The highest BCUT2D eigenvalue weighted by Crippen LogP contribution is 2.09. The fourth-order valence-corrected chi connectivity index (χ4v) is 0.884. The van der Waals surface area contributed by atoms with Crippen molar-refractivity contribution in [1.82, 2.24) is 0 Å². The van der Waals surface area contributed by atoms with E-state index in [-0.39, 0.29) is 18.1 Å². The van der Waals surface area contributed by atoms with Gasteiger partial charge in [0.1, 0.15) is 5.82 Å². The predicted octanol–water partition coefficient (Wildman–Crippen LogP) is 1.28. The molecule has 64 valence electrons. The molecule has 1 aromatic carbocycles. The summed E-state index contributed by atoms with van der Waals surface area (Å²) in [4.78, 5) is 11.0. The van der Waals surface area contributed by atoms with Gasteiger partial charge >= 0.3 is 0 Å². The molecule has 0 amide bonds. The van der Waals surface area contributed by atoms with Gasteiger partial charge in [-0.05, 0) is 18.6 Å². The maximum Gasteiger partial charge on any atom is 0.176 e. The van der Waals surface area contributed by atoms with Crippen LogP contribution in [-0.4, -0.2) is 12.3 Å². The Morgan fingerprint density at radius 1 is 1.58 bits per heavy atom. The van der Waals surface area contributed by atoms with E-state index in [0.717, 1.165) is 0 Å². The van der Waals surface area contributed by atoms with Gasteiger partial charge in [0, 0.05) is 5.56 Å². The number of nitrogens with two attached hydrogens (primary N) is 1. The number of rotatable bonds is 2. The Labute approximate surface area is 70.2 Å². The van der Waals surface area contributed by atoms with Crippen molar-refractivity contribution in [1.29, 1.82) is 0 Å². The van der Waals surface area contributed by atoms with Crippen molar-refractivity contribution < 1.29 is 9.18 Å². The Morgan fingerprint density at radius 2 is 2.25 bits per heavy atom. The van der Waals surface area contributed by atoms with Gasteiger partial charge in [-0.3, -0.25) is 4.79 Å². The van der Waals surface area contributed by atoms with Gasteiger partial charge in [-0.15, -0.1) is 0 Å². The number of hydrogen-bond donors (Lipinski definition) is 1. The summed E-state index contributed by atoms with van der Waals surface area (Å²) in [6, 6.07) is 4.36. The first kappa shape index (κ1) is 8.87. The number of hydrogen-bond acceptors (Lipinski definition) is 2. The van der Waals surface area contributed by atoms with Gasteiger partial charge in [-0.2, -0.15) is 0 Å². The van der Waals surface area contributed by atoms with Crippen molar-refractivity contribution in [3.63, 3.8) is 0 Å². The van der Waals surface area contributed by atoms with Crippen LogP contribution >= 0.6 is 0 Å². The summed E-state index contributed by atoms with van der Waals surface area (Å²) in [7, 11) is 0. The number of halogens is 1. The SMILES string of the molecule is Cc1ccc(C(=O)CN)cc1F. The molecule has 2 nitrogen and oxygen atoms in total. The summed E-state index contributed by atoms with van der Waals surface area (Å²) in [5.74, 6) is -0.608. The fraction of sp³-hybridized carbons (Fsp3) is 0.222. The van der Waals surface area contributed by atoms with Crippen LogP contribution in [0.25, 0.3) is 0 Å². The van der Waals surface area contributed by atoms with Gasteiger partial charge in [-0.25, -0.2) is 4.39 Å². The average Bonchev–Trinajstić information content (AvgIpc) is 2.08. The van der Waals surface area contributed by atoms with E-state index in [1.165, 1.54) is 6.07 Å². The highest BCUT2D eigenvalue weighted by molar-refractivity contribution is 5.97. The molecule has 3 heteroatoms. The highest BCUT2D eigenvalue weighted by Gasteiger charge is 2.05. The summed E-state index contributed by atoms with van der Waals surface area (Å²) in [5.41, 5.74) is 5.99. The molecule has 0 aliphatic carbocycles. The number of benzene rings is 1. The minimum absolute atomic E-state index is 0.0809. The van der Waals surface area contributed by atoms with Gasteiger partial charge in [0.2, 0.25) is 0 Å². The molecule has 12 heavy (non-hydrogen) atoms. The van der Waals surface area contributed by atoms with Crippen LogP contribution in [0.1, 0.15) is 15.9 Å². The molecular formula is C9H10FNO. The van der Waals surface area contributed by atoms with Crippen molar-refractivity contribution in [3.05, 3.63) is 35.1 Å². The number of ketones is 1. The third kappa shape index (κ3) is 1.68. The smallest absolute Gasteiger partial charge is 0.176 e. The maximum atomic E-state index is 12.9. The first-order valence-corrected chi connectivity index (χ1v) is 3.64. The van der Waals surface area contributed by atoms with E-state index in [1.54, 1.807) is 19.1 Å². The van der Waals surface area contributed by atoms with Crippen molar-refractivity contribution in [3.8, 4) is 0 Å². The summed E-state index contributed by atoms with van der Waals surface area (Å²) in [6.45, 7) is 1.56. The molecule has 1 aromatic rings. The molecule has 0 saturated heterocycles. The Balaban J connectivity index is 3.05. The maximum absolute atomic E-state index is 12.9. The molecule has 0 bridgehead atoms. The molecule has 0 atom stereocenters. The van der Waals surface area contributed by atoms with Crippen molar-refractivity contribution in [2.24, 2.45) is 5.73 Å². The zero-order valence-electron chi connectivity index (χ0n) is 6.80. The molecule has 0 unspecified atom stereocenters. The molecule has 0 spiro atoms.